The van der Waals surface area contributed by atoms with Crippen molar-refractivity contribution in [2.75, 3.05) is 27.2 Å². The Balaban J connectivity index is 2.25. The first-order valence-corrected chi connectivity index (χ1v) is 4.60. The van der Waals surface area contributed by atoms with Crippen molar-refractivity contribution in [3.63, 3.8) is 0 Å². The van der Waals surface area contributed by atoms with Crippen molar-refractivity contribution in [1.82, 2.24) is 10.2 Å². The molecule has 1 aliphatic rings. The van der Waals surface area contributed by atoms with Crippen molar-refractivity contribution in [1.29, 1.82) is 0 Å². The third kappa shape index (κ3) is 2.57. The van der Waals surface area contributed by atoms with E-state index in [-0.39, 0.29) is 0 Å². The number of nitrogens with one attached hydrogen (secondary N) is 1. The number of hydrogen-bond acceptors (Lipinski definition) is 3. The highest BCUT2D eigenvalue weighted by Gasteiger charge is 2.22. The fourth-order valence-electron chi connectivity index (χ4n) is 1.77. The number of hydrogen-bond donors (Lipinski definition) is 1. The molecule has 1 fully saturated rings. The van der Waals surface area contributed by atoms with Crippen LogP contribution >= 0.6 is 0 Å². The number of rotatable bonds is 4. The Hall–Kier alpha value is -0.410. The number of nitrogens with zero attached hydrogens (tertiary/aromatic N) is 1. The molecule has 1 aliphatic heterocycles. The molecule has 12 heavy (non-hydrogen) atoms. The van der Waals surface area contributed by atoms with E-state index in [1.165, 1.54) is 12.8 Å². The summed E-state index contributed by atoms with van der Waals surface area (Å²) in [6.07, 6.45) is 3.15. The van der Waals surface area contributed by atoms with Crippen molar-refractivity contribution >= 4 is 5.78 Å². The lowest BCUT2D eigenvalue weighted by Crippen LogP contribution is -2.30. The van der Waals surface area contributed by atoms with Crippen LogP contribution < -0.4 is 5.32 Å². The van der Waals surface area contributed by atoms with Crippen LogP contribution in [0.3, 0.4) is 0 Å². The van der Waals surface area contributed by atoms with Crippen LogP contribution in [0.5, 0.6) is 0 Å². The quantitative estimate of drug-likeness (QED) is 0.657. The molecule has 0 spiro atoms. The Morgan fingerprint density at radius 2 is 2.42 bits per heavy atom. The minimum absolute atomic E-state index is 0.330. The van der Waals surface area contributed by atoms with Gasteiger partial charge in [-0.15, -0.1) is 0 Å². The second kappa shape index (κ2) is 4.58. The predicted octanol–water partition coefficient (Wildman–Crippen LogP) is 0.259. The molecule has 0 bridgehead atoms. The van der Waals surface area contributed by atoms with Gasteiger partial charge in [0.25, 0.3) is 0 Å². The molecule has 0 aromatic rings. The number of carbonyl (C=O) groups excluding carboxylic acids is 1. The van der Waals surface area contributed by atoms with Gasteiger partial charge in [0.2, 0.25) is 0 Å². The third-order valence-electron chi connectivity index (χ3n) is 2.51. The van der Waals surface area contributed by atoms with E-state index in [1.807, 2.05) is 7.05 Å². The van der Waals surface area contributed by atoms with E-state index < -0.39 is 0 Å². The molecular formula is C9H18N2O. The second-order valence-corrected chi connectivity index (χ2v) is 3.55. The van der Waals surface area contributed by atoms with Crippen LogP contribution in [0.2, 0.25) is 0 Å². The molecule has 3 nitrogen and oxygen atoms in total. The second-order valence-electron chi connectivity index (χ2n) is 3.55. The summed E-state index contributed by atoms with van der Waals surface area (Å²) in [4.78, 5) is 13.5. The first kappa shape index (κ1) is 9.68. The lowest BCUT2D eigenvalue weighted by atomic mass is 10.1. The van der Waals surface area contributed by atoms with Crippen molar-refractivity contribution < 1.29 is 4.79 Å². The summed E-state index contributed by atoms with van der Waals surface area (Å²) in [5.41, 5.74) is 0. The van der Waals surface area contributed by atoms with E-state index >= 15 is 0 Å². The Morgan fingerprint density at radius 3 is 2.92 bits per heavy atom. The molecule has 0 aromatic carbocycles. The van der Waals surface area contributed by atoms with Crippen LogP contribution in [0, 0.1) is 0 Å². The summed E-state index contributed by atoms with van der Waals surface area (Å²) < 4.78 is 0. The number of Topliss-reactive ketones (excluding diaryl/α,β-unsaturated/α-hetero) is 1. The Labute approximate surface area is 74.1 Å². The van der Waals surface area contributed by atoms with Crippen molar-refractivity contribution in [2.45, 2.75) is 25.3 Å². The van der Waals surface area contributed by atoms with E-state index in [0.29, 0.717) is 18.4 Å². The monoisotopic (exact) mass is 170 g/mol. The zero-order valence-electron chi connectivity index (χ0n) is 7.97. The fraction of sp³-hybridized carbons (Fsp3) is 0.889. The van der Waals surface area contributed by atoms with Crippen LogP contribution in [0.1, 0.15) is 19.3 Å². The van der Waals surface area contributed by atoms with Crippen molar-refractivity contribution in [3.05, 3.63) is 0 Å². The van der Waals surface area contributed by atoms with E-state index in [9.17, 15) is 4.79 Å². The van der Waals surface area contributed by atoms with Crippen LogP contribution in [0.15, 0.2) is 0 Å². The van der Waals surface area contributed by atoms with Gasteiger partial charge in [-0.25, -0.2) is 0 Å². The highest BCUT2D eigenvalue weighted by Crippen LogP contribution is 2.17. The van der Waals surface area contributed by atoms with Gasteiger partial charge in [0.15, 0.2) is 0 Å². The van der Waals surface area contributed by atoms with E-state index in [1.54, 1.807) is 0 Å². The highest BCUT2D eigenvalue weighted by molar-refractivity contribution is 5.81. The lowest BCUT2D eigenvalue weighted by Gasteiger charge is -2.18. The van der Waals surface area contributed by atoms with Crippen LogP contribution in [-0.4, -0.2) is 43.9 Å². The normalized spacial score (nSPS) is 24.7. The minimum atomic E-state index is 0.330. The maximum absolute atomic E-state index is 11.3. The molecular weight excluding hydrogens is 152 g/mol. The van der Waals surface area contributed by atoms with Gasteiger partial charge in [0.1, 0.15) is 5.78 Å². The summed E-state index contributed by atoms with van der Waals surface area (Å²) >= 11 is 0. The molecule has 0 amide bonds. The molecule has 1 unspecified atom stereocenters. The van der Waals surface area contributed by atoms with Gasteiger partial charge < -0.3 is 10.2 Å². The van der Waals surface area contributed by atoms with Gasteiger partial charge in [-0.3, -0.25) is 4.79 Å². The Kier molecular flexibility index (Phi) is 3.69. The standard InChI is InChI=1S/C9H18N2O/c1-10-7-9(12)6-8-4-3-5-11(8)2/h8,10H,3-7H2,1-2H3. The summed E-state index contributed by atoms with van der Waals surface area (Å²) in [5.74, 6) is 0.330. The molecule has 1 saturated heterocycles. The third-order valence-corrected chi connectivity index (χ3v) is 2.51. The van der Waals surface area contributed by atoms with E-state index in [0.717, 1.165) is 13.0 Å². The molecule has 1 N–H and O–H groups in total. The molecule has 1 rings (SSSR count). The van der Waals surface area contributed by atoms with E-state index in [4.69, 9.17) is 0 Å². The number of likely N-dealkylation sites (tertiary alicyclic amines) is 1. The molecule has 1 atom stereocenters. The predicted molar refractivity (Wildman–Crippen MR) is 49.2 cm³/mol. The summed E-state index contributed by atoms with van der Waals surface area (Å²) in [6, 6.07) is 0.505. The zero-order chi connectivity index (χ0) is 8.97. The Morgan fingerprint density at radius 1 is 1.67 bits per heavy atom. The highest BCUT2D eigenvalue weighted by atomic mass is 16.1. The smallest absolute Gasteiger partial charge is 0.148 e. The average molecular weight is 170 g/mol. The van der Waals surface area contributed by atoms with Gasteiger partial charge in [-0.2, -0.15) is 0 Å². The number of ketones is 1. The lowest BCUT2D eigenvalue weighted by molar-refractivity contribution is -0.119. The summed E-state index contributed by atoms with van der Waals surface area (Å²) in [7, 11) is 3.92. The zero-order valence-corrected chi connectivity index (χ0v) is 7.97. The van der Waals surface area contributed by atoms with Gasteiger partial charge in [0, 0.05) is 12.5 Å². The van der Waals surface area contributed by atoms with Gasteiger partial charge >= 0.3 is 0 Å². The Bertz CT molecular complexity index is 159. The SMILES string of the molecule is CNCC(=O)CC1CCCN1C. The summed E-state index contributed by atoms with van der Waals surface area (Å²) in [5, 5.41) is 2.89. The van der Waals surface area contributed by atoms with Crippen molar-refractivity contribution in [3.8, 4) is 0 Å². The molecule has 0 radical (unpaired) electrons. The minimum Gasteiger partial charge on any atom is -0.313 e. The van der Waals surface area contributed by atoms with Crippen molar-refractivity contribution in [2.24, 2.45) is 0 Å². The molecule has 3 heteroatoms. The molecule has 1 heterocycles. The molecule has 0 aliphatic carbocycles. The van der Waals surface area contributed by atoms with Gasteiger partial charge in [-0.05, 0) is 33.5 Å². The van der Waals surface area contributed by atoms with Crippen LogP contribution in [0.4, 0.5) is 0 Å². The summed E-state index contributed by atoms with van der Waals surface area (Å²) in [6.45, 7) is 1.67. The fourth-order valence-corrected chi connectivity index (χ4v) is 1.77. The first-order valence-electron chi connectivity index (χ1n) is 4.60. The number of likely N-dealkylation sites (N-methyl/N-ethyl adjacent to an activating group) is 1. The van der Waals surface area contributed by atoms with E-state index in [2.05, 4.69) is 17.3 Å². The largest absolute Gasteiger partial charge is 0.313 e. The average Bonchev–Trinajstić information content (AvgIpc) is 2.37. The van der Waals surface area contributed by atoms with Gasteiger partial charge in [-0.1, -0.05) is 0 Å². The maximum atomic E-state index is 11.3. The maximum Gasteiger partial charge on any atom is 0.148 e. The molecule has 0 aromatic heterocycles. The molecule has 70 valence electrons. The van der Waals surface area contributed by atoms with Gasteiger partial charge in [0.05, 0.1) is 6.54 Å². The topological polar surface area (TPSA) is 32.3 Å². The molecule has 0 saturated carbocycles. The number of carbonyl (C=O) groups is 1. The van der Waals surface area contributed by atoms with Crippen LogP contribution in [-0.2, 0) is 4.79 Å². The van der Waals surface area contributed by atoms with Crippen LogP contribution in [0.25, 0.3) is 0 Å². The first-order chi connectivity index (χ1) is 5.74.